The van der Waals surface area contributed by atoms with Gasteiger partial charge in [-0.05, 0) is 30.0 Å². The molecule has 0 saturated carbocycles. The molecule has 5 nitrogen and oxygen atoms in total. The van der Waals surface area contributed by atoms with Crippen LogP contribution in [0.25, 0.3) is 10.8 Å². The Morgan fingerprint density at radius 2 is 1.89 bits per heavy atom. The molecule has 3 rings (SSSR count). The fraction of sp³-hybridized carbons (Fsp3) is 0.143. The summed E-state index contributed by atoms with van der Waals surface area (Å²) in [5.74, 6) is 0.561. The van der Waals surface area contributed by atoms with Gasteiger partial charge in [0.25, 0.3) is 0 Å². The first kappa shape index (κ1) is 11.7. The van der Waals surface area contributed by atoms with E-state index in [9.17, 15) is 0 Å². The summed E-state index contributed by atoms with van der Waals surface area (Å²) in [5.41, 5.74) is 0.929. The summed E-state index contributed by atoms with van der Waals surface area (Å²) in [6.45, 7) is 0.562. The van der Waals surface area contributed by atoms with Gasteiger partial charge in [-0.1, -0.05) is 35.4 Å². The van der Waals surface area contributed by atoms with Gasteiger partial charge in [-0.15, -0.1) is 5.10 Å². The highest BCUT2D eigenvalue weighted by atomic mass is 16.4. The van der Waals surface area contributed by atoms with Crippen LogP contribution in [0, 0.1) is 0 Å². The lowest BCUT2D eigenvalue weighted by Gasteiger charge is -2.03. The number of hydrogen-bond donors (Lipinski definition) is 2. The largest absolute Gasteiger partial charge is 0.406 e. The lowest BCUT2D eigenvalue weighted by Crippen LogP contribution is -2.04. The van der Waals surface area contributed by atoms with E-state index in [2.05, 4.69) is 45.1 Å². The van der Waals surface area contributed by atoms with Crippen LogP contribution >= 0.6 is 0 Å². The van der Waals surface area contributed by atoms with E-state index in [0.29, 0.717) is 18.5 Å². The van der Waals surface area contributed by atoms with Crippen molar-refractivity contribution in [2.75, 3.05) is 12.4 Å². The van der Waals surface area contributed by atoms with Gasteiger partial charge in [-0.25, -0.2) is 0 Å². The van der Waals surface area contributed by atoms with Gasteiger partial charge >= 0.3 is 6.01 Å². The number of benzene rings is 2. The van der Waals surface area contributed by atoms with Crippen LogP contribution in [0.3, 0.4) is 0 Å². The molecule has 0 aliphatic heterocycles. The second-order valence-electron chi connectivity index (χ2n) is 4.22. The van der Waals surface area contributed by atoms with E-state index in [0.717, 1.165) is 5.69 Å². The first-order chi connectivity index (χ1) is 9.35. The molecule has 5 heteroatoms. The van der Waals surface area contributed by atoms with Gasteiger partial charge in [0.15, 0.2) is 0 Å². The number of rotatable bonds is 4. The van der Waals surface area contributed by atoms with Gasteiger partial charge in [-0.2, -0.15) is 0 Å². The smallest absolute Gasteiger partial charge is 0.320 e. The third-order valence-electron chi connectivity index (χ3n) is 2.80. The molecule has 0 atom stereocenters. The van der Waals surface area contributed by atoms with Gasteiger partial charge in [0.05, 0.1) is 6.54 Å². The van der Waals surface area contributed by atoms with E-state index in [4.69, 9.17) is 4.42 Å². The Bertz CT molecular complexity index is 692. The van der Waals surface area contributed by atoms with E-state index >= 15 is 0 Å². The zero-order chi connectivity index (χ0) is 13.1. The molecule has 0 saturated heterocycles. The maximum absolute atomic E-state index is 5.44. The summed E-state index contributed by atoms with van der Waals surface area (Å²) in [6.07, 6.45) is 0. The molecule has 0 amide bonds. The summed E-state index contributed by atoms with van der Waals surface area (Å²) in [6, 6.07) is 14.7. The standard InChI is InChI=1S/C14H14N4O/c1-15-9-13-17-18-14(19-13)16-12-7-6-10-4-2-3-5-11(10)8-12/h2-8,15H,9H2,1H3,(H,16,18). The third-order valence-corrected chi connectivity index (χ3v) is 2.80. The molecule has 19 heavy (non-hydrogen) atoms. The zero-order valence-electron chi connectivity index (χ0n) is 10.6. The molecule has 1 aromatic heterocycles. The van der Waals surface area contributed by atoms with Crippen molar-refractivity contribution in [2.45, 2.75) is 6.54 Å². The van der Waals surface area contributed by atoms with Gasteiger partial charge in [-0.3, -0.25) is 0 Å². The summed E-state index contributed by atoms with van der Waals surface area (Å²) < 4.78 is 5.44. The van der Waals surface area contributed by atoms with E-state index in [1.165, 1.54) is 10.8 Å². The summed E-state index contributed by atoms with van der Waals surface area (Å²) in [4.78, 5) is 0. The van der Waals surface area contributed by atoms with Crippen molar-refractivity contribution in [1.29, 1.82) is 0 Å². The summed E-state index contributed by atoms with van der Waals surface area (Å²) >= 11 is 0. The molecule has 3 aromatic rings. The van der Waals surface area contributed by atoms with Gasteiger partial charge < -0.3 is 15.1 Å². The Hall–Kier alpha value is -2.40. The first-order valence-electron chi connectivity index (χ1n) is 6.08. The van der Waals surface area contributed by atoms with Crippen LogP contribution in [0.2, 0.25) is 0 Å². The van der Waals surface area contributed by atoms with E-state index in [-0.39, 0.29) is 0 Å². The number of nitrogens with one attached hydrogen (secondary N) is 2. The zero-order valence-corrected chi connectivity index (χ0v) is 10.6. The highest BCUT2D eigenvalue weighted by Crippen LogP contribution is 2.21. The van der Waals surface area contributed by atoms with Gasteiger partial charge in [0.1, 0.15) is 0 Å². The van der Waals surface area contributed by atoms with Crippen LogP contribution in [0.5, 0.6) is 0 Å². The van der Waals surface area contributed by atoms with Crippen molar-refractivity contribution in [3.63, 3.8) is 0 Å². The van der Waals surface area contributed by atoms with Crippen LogP contribution in [-0.2, 0) is 6.54 Å². The predicted molar refractivity (Wildman–Crippen MR) is 74.3 cm³/mol. The van der Waals surface area contributed by atoms with Crippen LogP contribution in [-0.4, -0.2) is 17.2 Å². The minimum atomic E-state index is 0.403. The quantitative estimate of drug-likeness (QED) is 0.749. The van der Waals surface area contributed by atoms with E-state index in [1.54, 1.807) is 0 Å². The van der Waals surface area contributed by atoms with E-state index < -0.39 is 0 Å². The number of hydrogen-bond acceptors (Lipinski definition) is 5. The normalized spacial score (nSPS) is 10.8. The number of fused-ring (bicyclic) bond motifs is 1. The molecule has 0 bridgehead atoms. The van der Waals surface area contributed by atoms with Gasteiger partial charge in [0, 0.05) is 5.69 Å². The Morgan fingerprint density at radius 3 is 2.74 bits per heavy atom. The highest BCUT2D eigenvalue weighted by Gasteiger charge is 2.05. The molecule has 0 fully saturated rings. The van der Waals surface area contributed by atoms with Crippen LogP contribution in [0.15, 0.2) is 46.9 Å². The van der Waals surface area contributed by atoms with Crippen molar-refractivity contribution in [3.05, 3.63) is 48.4 Å². The van der Waals surface area contributed by atoms with Crippen molar-refractivity contribution in [2.24, 2.45) is 0 Å². The number of anilines is 2. The number of nitrogens with zero attached hydrogens (tertiary/aromatic N) is 2. The predicted octanol–water partition coefficient (Wildman–Crippen LogP) is 2.69. The summed E-state index contributed by atoms with van der Waals surface area (Å²) in [5, 5.41) is 16.3. The third kappa shape index (κ3) is 2.56. The molecular formula is C14H14N4O. The fourth-order valence-corrected chi connectivity index (χ4v) is 1.92. The van der Waals surface area contributed by atoms with Crippen LogP contribution in [0.1, 0.15) is 5.89 Å². The average Bonchev–Trinajstić information content (AvgIpc) is 2.86. The lowest BCUT2D eigenvalue weighted by atomic mass is 10.1. The molecule has 0 unspecified atom stereocenters. The molecule has 96 valence electrons. The summed E-state index contributed by atoms with van der Waals surface area (Å²) in [7, 11) is 1.83. The Balaban J connectivity index is 1.83. The Kier molecular flexibility index (Phi) is 3.12. The van der Waals surface area contributed by atoms with Crippen molar-refractivity contribution < 1.29 is 4.42 Å². The maximum atomic E-state index is 5.44. The van der Waals surface area contributed by atoms with Crippen molar-refractivity contribution in [1.82, 2.24) is 15.5 Å². The van der Waals surface area contributed by atoms with Crippen LogP contribution in [0.4, 0.5) is 11.7 Å². The molecule has 2 N–H and O–H groups in total. The first-order valence-corrected chi connectivity index (χ1v) is 6.08. The van der Waals surface area contributed by atoms with Gasteiger partial charge in [0.2, 0.25) is 5.89 Å². The fourth-order valence-electron chi connectivity index (χ4n) is 1.92. The maximum Gasteiger partial charge on any atom is 0.320 e. The average molecular weight is 254 g/mol. The monoisotopic (exact) mass is 254 g/mol. The molecule has 0 spiro atoms. The number of aromatic nitrogens is 2. The van der Waals surface area contributed by atoms with Crippen molar-refractivity contribution >= 4 is 22.5 Å². The molecule has 0 aliphatic rings. The molecule has 0 radical (unpaired) electrons. The molecule has 2 aromatic carbocycles. The second-order valence-corrected chi connectivity index (χ2v) is 4.22. The Labute approximate surface area is 110 Å². The van der Waals surface area contributed by atoms with Crippen LogP contribution < -0.4 is 10.6 Å². The molecule has 0 aliphatic carbocycles. The minimum Gasteiger partial charge on any atom is -0.406 e. The lowest BCUT2D eigenvalue weighted by molar-refractivity contribution is 0.493. The highest BCUT2D eigenvalue weighted by molar-refractivity contribution is 5.86. The molecular weight excluding hydrogens is 240 g/mol. The molecule has 1 heterocycles. The Morgan fingerprint density at radius 1 is 1.05 bits per heavy atom. The topological polar surface area (TPSA) is 63.0 Å². The SMILES string of the molecule is CNCc1nnc(Nc2ccc3ccccc3c2)o1. The second kappa shape index (κ2) is 5.07. The minimum absolute atomic E-state index is 0.403. The van der Waals surface area contributed by atoms with E-state index in [1.807, 2.05) is 25.2 Å². The van der Waals surface area contributed by atoms with Crippen molar-refractivity contribution in [3.8, 4) is 0 Å².